The molecule has 0 bridgehead atoms. The van der Waals surface area contributed by atoms with Crippen LogP contribution in [0.1, 0.15) is 49.3 Å². The number of carbonyl (C=O) groups excluding carboxylic acids is 1. The van der Waals surface area contributed by atoms with Gasteiger partial charge in [0.05, 0.1) is 25.5 Å². The summed E-state index contributed by atoms with van der Waals surface area (Å²) in [6.07, 6.45) is -0.720. The predicted molar refractivity (Wildman–Crippen MR) is 141 cm³/mol. The lowest BCUT2D eigenvalue weighted by Crippen LogP contribution is -2.52. The Morgan fingerprint density at radius 1 is 1.00 bits per heavy atom. The van der Waals surface area contributed by atoms with Crippen molar-refractivity contribution in [1.29, 1.82) is 0 Å². The lowest BCUT2D eigenvalue weighted by molar-refractivity contribution is -0.170. The summed E-state index contributed by atoms with van der Waals surface area (Å²) in [5, 5.41) is 36.9. The SMILES string of the molecule is COc1ccc(C)cc1CN1CCC(NC(C)=O)(c2ccc(F)cc2)CC1.O=C(O)CC(O)(CC(=O)O)C(=O)O. The highest BCUT2D eigenvalue weighted by Gasteiger charge is 2.41. The number of ether oxygens (including phenoxy) is 1. The van der Waals surface area contributed by atoms with E-state index in [9.17, 15) is 23.6 Å². The lowest BCUT2D eigenvalue weighted by Gasteiger charge is -2.42. The Morgan fingerprint density at radius 3 is 2.00 bits per heavy atom. The van der Waals surface area contributed by atoms with Crippen molar-refractivity contribution in [2.24, 2.45) is 0 Å². The molecule has 0 saturated carbocycles. The number of nitrogens with zero attached hydrogens (tertiary/aromatic N) is 1. The molecule has 0 aliphatic carbocycles. The minimum absolute atomic E-state index is 0.0619. The number of amides is 1. The van der Waals surface area contributed by atoms with Crippen LogP contribution < -0.4 is 10.1 Å². The van der Waals surface area contributed by atoms with E-state index in [0.717, 1.165) is 43.8 Å². The smallest absolute Gasteiger partial charge is 0.336 e. The number of nitrogens with one attached hydrogen (secondary N) is 1. The molecule has 218 valence electrons. The molecule has 2 aromatic rings. The largest absolute Gasteiger partial charge is 0.496 e. The van der Waals surface area contributed by atoms with Gasteiger partial charge in [0.1, 0.15) is 11.6 Å². The first-order chi connectivity index (χ1) is 18.7. The molecule has 0 radical (unpaired) electrons. The van der Waals surface area contributed by atoms with Gasteiger partial charge in [-0.1, -0.05) is 29.8 Å². The molecular weight excluding hydrogens is 527 g/mol. The van der Waals surface area contributed by atoms with Gasteiger partial charge in [-0.3, -0.25) is 19.3 Å². The van der Waals surface area contributed by atoms with Gasteiger partial charge in [0.2, 0.25) is 5.91 Å². The number of methoxy groups -OCH3 is 1. The number of carbonyl (C=O) groups is 4. The second kappa shape index (κ2) is 13.9. The highest BCUT2D eigenvalue weighted by atomic mass is 19.1. The van der Waals surface area contributed by atoms with E-state index in [4.69, 9.17) is 25.2 Å². The number of aliphatic carboxylic acids is 3. The lowest BCUT2D eigenvalue weighted by atomic mass is 9.80. The number of hydrogen-bond acceptors (Lipinski definition) is 7. The summed E-state index contributed by atoms with van der Waals surface area (Å²) in [7, 11) is 1.70. The van der Waals surface area contributed by atoms with E-state index in [0.29, 0.717) is 0 Å². The number of halogens is 1. The summed E-state index contributed by atoms with van der Waals surface area (Å²) in [6, 6.07) is 12.7. The van der Waals surface area contributed by atoms with E-state index < -0.39 is 41.9 Å². The molecule has 40 heavy (non-hydrogen) atoms. The summed E-state index contributed by atoms with van der Waals surface area (Å²) < 4.78 is 18.8. The van der Waals surface area contributed by atoms with Crippen molar-refractivity contribution in [2.75, 3.05) is 20.2 Å². The summed E-state index contributed by atoms with van der Waals surface area (Å²) in [4.78, 5) is 44.7. The zero-order valence-electron chi connectivity index (χ0n) is 22.6. The molecule has 0 aromatic heterocycles. The average Bonchev–Trinajstić information content (AvgIpc) is 2.85. The highest BCUT2D eigenvalue weighted by molar-refractivity contribution is 5.88. The van der Waals surface area contributed by atoms with Crippen molar-refractivity contribution < 1.29 is 48.7 Å². The maximum Gasteiger partial charge on any atom is 0.336 e. The van der Waals surface area contributed by atoms with Crippen molar-refractivity contribution in [1.82, 2.24) is 10.2 Å². The van der Waals surface area contributed by atoms with Gasteiger partial charge in [-0.25, -0.2) is 9.18 Å². The first-order valence-electron chi connectivity index (χ1n) is 12.5. The minimum atomic E-state index is -2.74. The number of benzene rings is 2. The van der Waals surface area contributed by atoms with Gasteiger partial charge in [0.25, 0.3) is 0 Å². The van der Waals surface area contributed by atoms with Gasteiger partial charge in [0, 0.05) is 32.1 Å². The van der Waals surface area contributed by atoms with Gasteiger partial charge < -0.3 is 30.5 Å². The van der Waals surface area contributed by atoms with Crippen LogP contribution in [0.2, 0.25) is 0 Å². The van der Waals surface area contributed by atoms with Gasteiger partial charge in [-0.15, -0.1) is 0 Å². The Hall–Kier alpha value is -4.03. The van der Waals surface area contributed by atoms with Gasteiger partial charge >= 0.3 is 17.9 Å². The van der Waals surface area contributed by atoms with Crippen molar-refractivity contribution in [2.45, 2.75) is 57.2 Å². The second-order valence-corrected chi connectivity index (χ2v) is 9.84. The van der Waals surface area contributed by atoms with Crippen LogP contribution in [0, 0.1) is 12.7 Å². The Bertz CT molecular complexity index is 1190. The van der Waals surface area contributed by atoms with E-state index in [2.05, 4.69) is 29.3 Å². The number of rotatable bonds is 10. The molecule has 0 atom stereocenters. The van der Waals surface area contributed by atoms with E-state index in [1.807, 2.05) is 6.07 Å². The molecule has 1 aliphatic heterocycles. The van der Waals surface area contributed by atoms with Crippen molar-refractivity contribution in [3.8, 4) is 5.75 Å². The first kappa shape index (κ1) is 32.2. The van der Waals surface area contributed by atoms with E-state index >= 15 is 0 Å². The zero-order chi connectivity index (χ0) is 30.1. The number of likely N-dealkylation sites (tertiary alicyclic amines) is 1. The van der Waals surface area contributed by atoms with Gasteiger partial charge in [-0.2, -0.15) is 0 Å². The van der Waals surface area contributed by atoms with E-state index in [-0.39, 0.29) is 11.7 Å². The van der Waals surface area contributed by atoms with Gasteiger partial charge in [-0.05, 0) is 43.5 Å². The maximum atomic E-state index is 13.3. The number of aryl methyl sites for hydroxylation is 1. The quantitative estimate of drug-likeness (QED) is 0.289. The molecule has 3 rings (SSSR count). The molecule has 0 spiro atoms. The first-order valence-corrected chi connectivity index (χ1v) is 12.5. The molecule has 12 heteroatoms. The maximum absolute atomic E-state index is 13.3. The number of hydrogen-bond donors (Lipinski definition) is 5. The van der Waals surface area contributed by atoms with Crippen molar-refractivity contribution in [3.63, 3.8) is 0 Å². The Balaban J connectivity index is 0.000000366. The fourth-order valence-corrected chi connectivity index (χ4v) is 4.67. The minimum Gasteiger partial charge on any atom is -0.496 e. The van der Waals surface area contributed by atoms with Crippen LogP contribution in [0.4, 0.5) is 4.39 Å². The standard InChI is InChI=1S/C22H27FN2O2.C6H8O7/c1-16-4-9-21(27-3)18(14-16)15-25-12-10-22(11-13-25,24-17(2)26)19-5-7-20(23)8-6-19;7-3(8)1-6(13,5(11)12)2-4(9)10/h4-9,14H,10-13,15H2,1-3H3,(H,24,26);13H,1-2H2,(H,7,8)(H,9,10)(H,11,12). The Morgan fingerprint density at radius 2 is 1.55 bits per heavy atom. The number of carboxylic acid groups (broad SMARTS) is 3. The summed E-state index contributed by atoms with van der Waals surface area (Å²) in [6.45, 7) is 6.11. The van der Waals surface area contributed by atoms with Crippen LogP contribution in [0.15, 0.2) is 42.5 Å². The summed E-state index contributed by atoms with van der Waals surface area (Å²) >= 11 is 0. The second-order valence-electron chi connectivity index (χ2n) is 9.84. The number of piperidine rings is 1. The van der Waals surface area contributed by atoms with Gasteiger partial charge in [0.15, 0.2) is 5.60 Å². The molecular formula is C28H35FN2O9. The molecule has 0 unspecified atom stereocenters. The van der Waals surface area contributed by atoms with Crippen molar-refractivity contribution >= 4 is 23.8 Å². The van der Waals surface area contributed by atoms with Crippen LogP contribution in [-0.4, -0.2) is 74.9 Å². The fourth-order valence-electron chi connectivity index (χ4n) is 4.67. The summed E-state index contributed by atoms with van der Waals surface area (Å²) in [5.41, 5.74) is 0.171. The normalized spacial score (nSPS) is 14.8. The molecule has 1 aliphatic rings. The third-order valence-corrected chi connectivity index (χ3v) is 6.64. The van der Waals surface area contributed by atoms with Crippen LogP contribution in [0.3, 0.4) is 0 Å². The van der Waals surface area contributed by atoms with Crippen molar-refractivity contribution in [3.05, 3.63) is 65.0 Å². The third-order valence-electron chi connectivity index (χ3n) is 6.64. The molecule has 11 nitrogen and oxygen atoms in total. The van der Waals surface area contributed by atoms with E-state index in [1.54, 1.807) is 19.2 Å². The van der Waals surface area contributed by atoms with Crippen LogP contribution in [0.5, 0.6) is 5.75 Å². The molecule has 5 N–H and O–H groups in total. The molecule has 1 fully saturated rings. The topological polar surface area (TPSA) is 174 Å². The monoisotopic (exact) mass is 562 g/mol. The molecule has 1 saturated heterocycles. The number of aliphatic hydroxyl groups is 1. The molecule has 2 aromatic carbocycles. The highest BCUT2D eigenvalue weighted by Crippen LogP contribution is 2.34. The summed E-state index contributed by atoms with van der Waals surface area (Å²) in [5.74, 6) is -4.44. The fraction of sp³-hybridized carbons (Fsp3) is 0.429. The molecule has 1 amide bonds. The van der Waals surface area contributed by atoms with Crippen LogP contribution in [0.25, 0.3) is 0 Å². The molecule has 1 heterocycles. The third kappa shape index (κ3) is 9.02. The van der Waals surface area contributed by atoms with Crippen LogP contribution >= 0.6 is 0 Å². The predicted octanol–water partition coefficient (Wildman–Crippen LogP) is 2.52. The Kier molecular flexibility index (Phi) is 11.1. The van der Waals surface area contributed by atoms with Crippen LogP contribution in [-0.2, 0) is 31.3 Å². The zero-order valence-corrected chi connectivity index (χ0v) is 22.6. The average molecular weight is 563 g/mol. The number of carboxylic acids is 3. The Labute approximate surface area is 231 Å². The van der Waals surface area contributed by atoms with E-state index in [1.165, 1.54) is 30.2 Å².